The molecule has 3 nitrogen and oxygen atoms in total. The molecule has 4 aromatic carbocycles. The number of hydrogen-bond donors (Lipinski definition) is 0. The molecule has 0 saturated carbocycles. The van der Waals surface area contributed by atoms with E-state index in [1.54, 1.807) is 0 Å². The smallest absolute Gasteiger partial charge is 0.340 e. The van der Waals surface area contributed by atoms with Gasteiger partial charge in [0.1, 0.15) is 0 Å². The molecule has 5 aromatic rings. The minimum atomic E-state index is -0.266. The highest BCUT2D eigenvalue weighted by atomic mass is 79.9. The highest BCUT2D eigenvalue weighted by Crippen LogP contribution is 2.41. The van der Waals surface area contributed by atoms with Crippen molar-refractivity contribution in [2.24, 2.45) is 7.05 Å². The fourth-order valence-electron chi connectivity index (χ4n) is 4.53. The molecule has 0 bridgehead atoms. The van der Waals surface area contributed by atoms with Gasteiger partial charge in [0.15, 0.2) is 0 Å². The molecule has 4 heteroatoms. The number of esters is 1. The zero-order valence-corrected chi connectivity index (χ0v) is 19.8. The van der Waals surface area contributed by atoms with Crippen LogP contribution in [0.4, 0.5) is 0 Å². The average molecular weight is 486 g/mol. The largest absolute Gasteiger partial charge is 0.462 e. The second kappa shape index (κ2) is 8.44. The van der Waals surface area contributed by atoms with Crippen LogP contribution in [0.25, 0.3) is 43.7 Å². The molecule has 1 heterocycles. The second-order valence-electron chi connectivity index (χ2n) is 8.14. The third-order valence-corrected chi connectivity index (χ3v) is 6.72. The van der Waals surface area contributed by atoms with Gasteiger partial charge in [0.25, 0.3) is 0 Å². The minimum Gasteiger partial charge on any atom is -0.462 e. The van der Waals surface area contributed by atoms with Crippen molar-refractivity contribution >= 4 is 54.5 Å². The number of ether oxygens (including phenoxy) is 1. The summed E-state index contributed by atoms with van der Waals surface area (Å²) < 4.78 is 8.78. The molecule has 0 aliphatic rings. The summed E-state index contributed by atoms with van der Waals surface area (Å²) in [6.07, 6.45) is 1.85. The first kappa shape index (κ1) is 20.8. The summed E-state index contributed by atoms with van der Waals surface area (Å²) in [5.41, 5.74) is 4.86. The number of rotatable bonds is 5. The van der Waals surface area contributed by atoms with Crippen molar-refractivity contribution in [3.8, 4) is 11.1 Å². The Morgan fingerprint density at radius 2 is 1.69 bits per heavy atom. The van der Waals surface area contributed by atoms with Crippen LogP contribution in [0.3, 0.4) is 0 Å². The topological polar surface area (TPSA) is 31.2 Å². The van der Waals surface area contributed by atoms with Gasteiger partial charge >= 0.3 is 5.97 Å². The predicted octanol–water partition coefficient (Wildman–Crippen LogP) is 7.87. The first-order chi connectivity index (χ1) is 15.6. The van der Waals surface area contributed by atoms with E-state index in [0.29, 0.717) is 12.2 Å². The molecule has 0 spiro atoms. The van der Waals surface area contributed by atoms with Gasteiger partial charge in [-0.25, -0.2) is 4.79 Å². The molecule has 0 amide bonds. The van der Waals surface area contributed by atoms with E-state index in [1.165, 1.54) is 0 Å². The number of unbranched alkanes of at least 4 members (excludes halogenated alkanes) is 1. The molecule has 0 unspecified atom stereocenters. The van der Waals surface area contributed by atoms with Gasteiger partial charge in [0, 0.05) is 33.2 Å². The standard InChI is InChI=1S/C28H24BrNO2/c1-3-4-14-32-28(31)22-16-20-15-19(18-10-6-5-7-11-18)17-23(29)25(20)26-21-12-8-9-13-24(21)30(2)27(22)26/h5-13,15-17H,3-4,14H2,1-2H3. The van der Waals surface area contributed by atoms with E-state index in [0.717, 1.165) is 61.0 Å². The lowest BCUT2D eigenvalue weighted by Gasteiger charge is -2.13. The van der Waals surface area contributed by atoms with Gasteiger partial charge in [-0.2, -0.15) is 0 Å². The summed E-state index contributed by atoms with van der Waals surface area (Å²) in [7, 11) is 2.02. The number of nitrogens with zero attached hydrogens (tertiary/aromatic N) is 1. The van der Waals surface area contributed by atoms with Gasteiger partial charge in [-0.1, -0.05) is 77.8 Å². The van der Waals surface area contributed by atoms with Crippen LogP contribution in [-0.2, 0) is 11.8 Å². The van der Waals surface area contributed by atoms with Gasteiger partial charge in [-0.15, -0.1) is 0 Å². The van der Waals surface area contributed by atoms with Crippen molar-refractivity contribution in [3.63, 3.8) is 0 Å². The molecule has 5 rings (SSSR count). The predicted molar refractivity (Wildman–Crippen MR) is 136 cm³/mol. The van der Waals surface area contributed by atoms with Gasteiger partial charge in [-0.05, 0) is 47.2 Å². The Balaban J connectivity index is 1.85. The van der Waals surface area contributed by atoms with E-state index < -0.39 is 0 Å². The maximum Gasteiger partial charge on any atom is 0.340 e. The lowest BCUT2D eigenvalue weighted by molar-refractivity contribution is 0.0502. The summed E-state index contributed by atoms with van der Waals surface area (Å²) in [4.78, 5) is 13.2. The number of benzene rings is 4. The number of aromatic nitrogens is 1. The third kappa shape index (κ3) is 3.39. The maximum absolute atomic E-state index is 13.2. The summed E-state index contributed by atoms with van der Waals surface area (Å²) in [5, 5.41) is 4.34. The number of para-hydroxylation sites is 1. The Kier molecular flexibility index (Phi) is 5.48. The molecule has 0 saturated heterocycles. The first-order valence-corrected chi connectivity index (χ1v) is 11.8. The second-order valence-corrected chi connectivity index (χ2v) is 8.99. The normalized spacial score (nSPS) is 11.5. The number of fused-ring (bicyclic) bond motifs is 5. The summed E-state index contributed by atoms with van der Waals surface area (Å²) in [6.45, 7) is 2.53. The highest BCUT2D eigenvalue weighted by molar-refractivity contribution is 9.10. The Morgan fingerprint density at radius 1 is 0.938 bits per heavy atom. The number of aryl methyl sites for hydroxylation is 1. The van der Waals surface area contributed by atoms with Gasteiger partial charge in [-0.3, -0.25) is 0 Å². The lowest BCUT2D eigenvalue weighted by Crippen LogP contribution is -2.08. The monoisotopic (exact) mass is 485 g/mol. The molecule has 0 N–H and O–H groups in total. The minimum absolute atomic E-state index is 0.266. The van der Waals surface area contributed by atoms with E-state index in [2.05, 4.69) is 63.8 Å². The van der Waals surface area contributed by atoms with Crippen LogP contribution in [0, 0.1) is 0 Å². The van der Waals surface area contributed by atoms with Crippen LogP contribution in [0.1, 0.15) is 30.1 Å². The van der Waals surface area contributed by atoms with Crippen molar-refractivity contribution in [1.82, 2.24) is 4.57 Å². The lowest BCUT2D eigenvalue weighted by atomic mass is 9.96. The first-order valence-electron chi connectivity index (χ1n) is 11.0. The SMILES string of the molecule is CCCCOC(=O)c1cc2cc(-c3ccccc3)cc(Br)c2c2c3ccccc3n(C)c12. The van der Waals surface area contributed by atoms with Crippen molar-refractivity contribution in [2.75, 3.05) is 6.61 Å². The zero-order chi connectivity index (χ0) is 22.2. The van der Waals surface area contributed by atoms with Crippen LogP contribution >= 0.6 is 15.9 Å². The van der Waals surface area contributed by atoms with Crippen molar-refractivity contribution in [3.05, 3.63) is 82.8 Å². The van der Waals surface area contributed by atoms with E-state index >= 15 is 0 Å². The quantitative estimate of drug-likeness (QED) is 0.187. The summed E-state index contributed by atoms with van der Waals surface area (Å²) in [6, 6.07) is 24.9. The fourth-order valence-corrected chi connectivity index (χ4v) is 5.20. The van der Waals surface area contributed by atoms with Crippen LogP contribution < -0.4 is 0 Å². The maximum atomic E-state index is 13.2. The molecular formula is C28H24BrNO2. The molecule has 32 heavy (non-hydrogen) atoms. The van der Waals surface area contributed by atoms with E-state index in [1.807, 2.05) is 43.4 Å². The Labute approximate surface area is 195 Å². The molecule has 160 valence electrons. The number of halogens is 1. The van der Waals surface area contributed by atoms with Crippen molar-refractivity contribution in [2.45, 2.75) is 19.8 Å². The van der Waals surface area contributed by atoms with Crippen LogP contribution in [0.2, 0.25) is 0 Å². The molecule has 0 atom stereocenters. The summed E-state index contributed by atoms with van der Waals surface area (Å²) >= 11 is 3.85. The molecule has 0 aliphatic heterocycles. The van der Waals surface area contributed by atoms with Crippen LogP contribution in [0.15, 0.2) is 77.3 Å². The number of carbonyl (C=O) groups is 1. The molecular weight excluding hydrogens is 462 g/mol. The molecule has 1 aromatic heterocycles. The molecule has 0 fully saturated rings. The zero-order valence-electron chi connectivity index (χ0n) is 18.2. The number of carbonyl (C=O) groups excluding carboxylic acids is 1. The molecule has 0 aliphatic carbocycles. The van der Waals surface area contributed by atoms with E-state index in [4.69, 9.17) is 4.74 Å². The van der Waals surface area contributed by atoms with Gasteiger partial charge in [0.2, 0.25) is 0 Å². The van der Waals surface area contributed by atoms with Crippen molar-refractivity contribution in [1.29, 1.82) is 0 Å². The fraction of sp³-hybridized carbons (Fsp3) is 0.179. The van der Waals surface area contributed by atoms with Crippen molar-refractivity contribution < 1.29 is 9.53 Å². The Bertz CT molecular complexity index is 1470. The highest BCUT2D eigenvalue weighted by Gasteiger charge is 2.22. The van der Waals surface area contributed by atoms with Crippen LogP contribution in [-0.4, -0.2) is 17.1 Å². The third-order valence-electron chi connectivity index (χ3n) is 6.09. The van der Waals surface area contributed by atoms with E-state index in [-0.39, 0.29) is 5.97 Å². The van der Waals surface area contributed by atoms with E-state index in [9.17, 15) is 4.79 Å². The number of hydrogen-bond acceptors (Lipinski definition) is 2. The van der Waals surface area contributed by atoms with Gasteiger partial charge in [0.05, 0.1) is 17.7 Å². The Hall–Kier alpha value is -3.11. The summed E-state index contributed by atoms with van der Waals surface area (Å²) in [5.74, 6) is -0.266. The average Bonchev–Trinajstić information content (AvgIpc) is 3.12. The van der Waals surface area contributed by atoms with Gasteiger partial charge < -0.3 is 9.30 Å². The van der Waals surface area contributed by atoms with Crippen LogP contribution in [0.5, 0.6) is 0 Å². The molecule has 0 radical (unpaired) electrons. The Morgan fingerprint density at radius 3 is 2.47 bits per heavy atom.